The SMILES string of the molecule is Cc1cccc([C@@H](C)Nc2nnc(C)c3ccc(N4CCN5CCOC[C@@H]5C4)cc23)c1F. The van der Waals surface area contributed by atoms with Crippen LogP contribution in [0.1, 0.15) is 29.8 Å². The largest absolute Gasteiger partial charge is 0.378 e. The maximum absolute atomic E-state index is 14.7. The number of benzene rings is 2. The fourth-order valence-electron chi connectivity index (χ4n) is 4.85. The van der Waals surface area contributed by atoms with Crippen molar-refractivity contribution >= 4 is 22.3 Å². The number of fused-ring (bicyclic) bond motifs is 2. The number of piperazine rings is 1. The molecular formula is C25H30FN5O. The van der Waals surface area contributed by atoms with Crippen LogP contribution in [0.25, 0.3) is 10.8 Å². The lowest BCUT2D eigenvalue weighted by molar-refractivity contribution is -0.0116. The lowest BCUT2D eigenvalue weighted by Gasteiger charge is -2.44. The van der Waals surface area contributed by atoms with Gasteiger partial charge >= 0.3 is 0 Å². The van der Waals surface area contributed by atoms with E-state index in [0.717, 1.165) is 55.9 Å². The molecule has 168 valence electrons. The highest BCUT2D eigenvalue weighted by Gasteiger charge is 2.29. The number of hydrogen-bond donors (Lipinski definition) is 1. The van der Waals surface area contributed by atoms with Crippen LogP contribution < -0.4 is 10.2 Å². The van der Waals surface area contributed by atoms with E-state index >= 15 is 0 Å². The number of morpholine rings is 1. The molecule has 0 unspecified atom stereocenters. The van der Waals surface area contributed by atoms with Gasteiger partial charge in [-0.25, -0.2) is 4.39 Å². The Morgan fingerprint density at radius 3 is 2.84 bits per heavy atom. The molecule has 3 heterocycles. The van der Waals surface area contributed by atoms with Crippen molar-refractivity contribution < 1.29 is 9.13 Å². The molecule has 2 aliphatic heterocycles. The van der Waals surface area contributed by atoms with Crippen molar-refractivity contribution in [3.8, 4) is 0 Å². The average molecular weight is 436 g/mol. The fraction of sp³-hybridized carbons (Fsp3) is 0.440. The molecule has 0 bridgehead atoms. The molecule has 5 rings (SSSR count). The predicted molar refractivity (Wildman–Crippen MR) is 126 cm³/mol. The molecule has 2 fully saturated rings. The number of nitrogens with zero attached hydrogens (tertiary/aromatic N) is 4. The molecule has 0 radical (unpaired) electrons. The minimum absolute atomic E-state index is 0.176. The smallest absolute Gasteiger partial charge is 0.157 e. The number of ether oxygens (including phenoxy) is 1. The normalized spacial score (nSPS) is 20.2. The minimum Gasteiger partial charge on any atom is -0.378 e. The van der Waals surface area contributed by atoms with E-state index in [1.807, 2.05) is 26.0 Å². The van der Waals surface area contributed by atoms with Gasteiger partial charge in [-0.3, -0.25) is 4.90 Å². The van der Waals surface area contributed by atoms with Gasteiger partial charge in [0.2, 0.25) is 0 Å². The van der Waals surface area contributed by atoms with Gasteiger partial charge in [-0.2, -0.15) is 5.10 Å². The van der Waals surface area contributed by atoms with E-state index in [9.17, 15) is 4.39 Å². The monoisotopic (exact) mass is 435 g/mol. The van der Waals surface area contributed by atoms with Crippen LogP contribution in [0.4, 0.5) is 15.9 Å². The first-order valence-electron chi connectivity index (χ1n) is 11.4. The molecule has 2 aliphatic rings. The first-order valence-corrected chi connectivity index (χ1v) is 11.4. The van der Waals surface area contributed by atoms with E-state index in [1.54, 1.807) is 13.0 Å². The van der Waals surface area contributed by atoms with Crippen molar-refractivity contribution in [2.75, 3.05) is 49.6 Å². The highest BCUT2D eigenvalue weighted by atomic mass is 19.1. The summed E-state index contributed by atoms with van der Waals surface area (Å²) in [5.41, 5.74) is 3.33. The second-order valence-corrected chi connectivity index (χ2v) is 8.92. The van der Waals surface area contributed by atoms with E-state index in [4.69, 9.17) is 4.74 Å². The number of halogens is 1. The standard InChI is InChI=1S/C25H30FN5O/c1-16-5-4-6-22(24(16)26)17(2)27-25-23-13-19(7-8-21(23)18(3)28-29-25)31-10-9-30-11-12-32-15-20(30)14-31/h4-8,13,17,20H,9-12,14-15H2,1-3H3,(H,27,29)/t17-,20+/m1/s1. The van der Waals surface area contributed by atoms with Crippen LogP contribution in [-0.4, -0.2) is 60.5 Å². The second kappa shape index (κ2) is 8.64. The van der Waals surface area contributed by atoms with E-state index in [1.165, 1.54) is 5.69 Å². The van der Waals surface area contributed by atoms with Crippen LogP contribution in [0, 0.1) is 19.7 Å². The first kappa shape index (κ1) is 21.1. The molecule has 32 heavy (non-hydrogen) atoms. The van der Waals surface area contributed by atoms with E-state index in [0.29, 0.717) is 23.0 Å². The molecule has 0 aliphatic carbocycles. The zero-order chi connectivity index (χ0) is 22.2. The van der Waals surface area contributed by atoms with Crippen LogP contribution in [0.5, 0.6) is 0 Å². The molecule has 0 amide bonds. The van der Waals surface area contributed by atoms with Gasteiger partial charge in [-0.05, 0) is 38.5 Å². The van der Waals surface area contributed by atoms with Gasteiger partial charge in [0.25, 0.3) is 0 Å². The summed E-state index contributed by atoms with van der Waals surface area (Å²) in [6, 6.07) is 12.2. The maximum atomic E-state index is 14.7. The van der Waals surface area contributed by atoms with Gasteiger partial charge in [0.1, 0.15) is 5.82 Å². The van der Waals surface area contributed by atoms with Crippen LogP contribution in [0.15, 0.2) is 36.4 Å². The summed E-state index contributed by atoms with van der Waals surface area (Å²) in [6.45, 7) is 11.4. The van der Waals surface area contributed by atoms with Crippen molar-refractivity contribution in [2.24, 2.45) is 0 Å². The third-order valence-corrected chi connectivity index (χ3v) is 6.79. The average Bonchev–Trinajstić information content (AvgIpc) is 2.82. The van der Waals surface area contributed by atoms with Gasteiger partial charge in [0.05, 0.1) is 31.0 Å². The molecular weight excluding hydrogens is 405 g/mol. The number of aryl methyl sites for hydroxylation is 2. The molecule has 1 aromatic heterocycles. The quantitative estimate of drug-likeness (QED) is 0.667. The Morgan fingerprint density at radius 1 is 1.09 bits per heavy atom. The summed E-state index contributed by atoms with van der Waals surface area (Å²) in [6.07, 6.45) is 0. The Morgan fingerprint density at radius 2 is 1.97 bits per heavy atom. The van der Waals surface area contributed by atoms with Crippen molar-refractivity contribution in [3.63, 3.8) is 0 Å². The third-order valence-electron chi connectivity index (χ3n) is 6.79. The molecule has 2 saturated heterocycles. The van der Waals surface area contributed by atoms with Crippen LogP contribution in [-0.2, 0) is 4.74 Å². The van der Waals surface area contributed by atoms with Gasteiger partial charge < -0.3 is 15.0 Å². The summed E-state index contributed by atoms with van der Waals surface area (Å²) in [4.78, 5) is 4.96. The summed E-state index contributed by atoms with van der Waals surface area (Å²) in [5.74, 6) is 0.505. The lowest BCUT2D eigenvalue weighted by atomic mass is 10.0. The van der Waals surface area contributed by atoms with Gasteiger partial charge in [0.15, 0.2) is 5.82 Å². The van der Waals surface area contributed by atoms with Gasteiger partial charge in [-0.1, -0.05) is 24.3 Å². The Bertz CT molecular complexity index is 1140. The molecule has 2 atom stereocenters. The molecule has 3 aromatic rings. The zero-order valence-corrected chi connectivity index (χ0v) is 18.9. The molecule has 0 saturated carbocycles. The molecule has 2 aromatic carbocycles. The Hall–Kier alpha value is -2.77. The number of hydrogen-bond acceptors (Lipinski definition) is 6. The van der Waals surface area contributed by atoms with E-state index < -0.39 is 0 Å². The Labute approximate surface area is 188 Å². The maximum Gasteiger partial charge on any atom is 0.157 e. The number of rotatable bonds is 4. The third kappa shape index (κ3) is 3.91. The van der Waals surface area contributed by atoms with Crippen molar-refractivity contribution in [1.82, 2.24) is 15.1 Å². The topological polar surface area (TPSA) is 53.5 Å². The lowest BCUT2D eigenvalue weighted by Crippen LogP contribution is -2.58. The fourth-order valence-corrected chi connectivity index (χ4v) is 4.85. The highest BCUT2D eigenvalue weighted by molar-refractivity contribution is 5.95. The second-order valence-electron chi connectivity index (χ2n) is 8.92. The Kier molecular flexibility index (Phi) is 5.69. The van der Waals surface area contributed by atoms with E-state index in [2.05, 4.69) is 43.5 Å². The number of nitrogens with one attached hydrogen (secondary N) is 1. The predicted octanol–water partition coefficient (Wildman–Crippen LogP) is 4.08. The summed E-state index contributed by atoms with van der Waals surface area (Å²) in [7, 11) is 0. The zero-order valence-electron chi connectivity index (χ0n) is 18.9. The molecule has 1 N–H and O–H groups in total. The van der Waals surface area contributed by atoms with Crippen molar-refractivity contribution in [2.45, 2.75) is 32.9 Å². The van der Waals surface area contributed by atoms with Crippen LogP contribution in [0.3, 0.4) is 0 Å². The minimum atomic E-state index is -0.235. The molecule has 0 spiro atoms. The summed E-state index contributed by atoms with van der Waals surface area (Å²) in [5, 5.41) is 14.3. The number of anilines is 2. The summed E-state index contributed by atoms with van der Waals surface area (Å²) < 4.78 is 20.4. The molecule has 7 heteroatoms. The number of aromatic nitrogens is 2. The van der Waals surface area contributed by atoms with Crippen molar-refractivity contribution in [3.05, 3.63) is 59.0 Å². The van der Waals surface area contributed by atoms with E-state index in [-0.39, 0.29) is 11.9 Å². The van der Waals surface area contributed by atoms with Crippen LogP contribution in [0.2, 0.25) is 0 Å². The Balaban J connectivity index is 1.46. The van der Waals surface area contributed by atoms with Gasteiger partial charge in [0, 0.05) is 48.2 Å². The highest BCUT2D eigenvalue weighted by Crippen LogP contribution is 2.32. The van der Waals surface area contributed by atoms with Crippen molar-refractivity contribution in [1.29, 1.82) is 0 Å². The molecule has 6 nitrogen and oxygen atoms in total. The summed E-state index contributed by atoms with van der Waals surface area (Å²) >= 11 is 0. The van der Waals surface area contributed by atoms with Crippen LogP contribution >= 0.6 is 0 Å². The first-order chi connectivity index (χ1) is 15.5. The van der Waals surface area contributed by atoms with Gasteiger partial charge in [-0.15, -0.1) is 5.10 Å².